The lowest BCUT2D eigenvalue weighted by Gasteiger charge is -2.25. The van der Waals surface area contributed by atoms with E-state index in [9.17, 15) is 9.90 Å². The zero-order chi connectivity index (χ0) is 15.0. The number of carbonyl (C=O) groups is 1. The minimum Gasteiger partial charge on any atom is -0.389 e. The zero-order valence-corrected chi connectivity index (χ0v) is 13.1. The molecule has 0 saturated heterocycles. The first-order chi connectivity index (χ1) is 8.54. The van der Waals surface area contributed by atoms with Crippen LogP contribution in [0.1, 0.15) is 49.7 Å². The topological polar surface area (TPSA) is 58.4 Å². The van der Waals surface area contributed by atoms with Crippen LogP contribution in [0, 0.1) is 0 Å². The third-order valence-corrected chi connectivity index (χ3v) is 3.17. The smallest absolute Gasteiger partial charge is 0.258 e. The van der Waals surface area contributed by atoms with E-state index in [1.165, 1.54) is 9.58 Å². The maximum Gasteiger partial charge on any atom is 0.258 e. The van der Waals surface area contributed by atoms with E-state index in [4.69, 9.17) is 11.6 Å². The molecule has 0 aliphatic rings. The van der Waals surface area contributed by atoms with Gasteiger partial charge in [0, 0.05) is 20.6 Å². The summed E-state index contributed by atoms with van der Waals surface area (Å²) < 4.78 is 1.50. The van der Waals surface area contributed by atoms with Crippen molar-refractivity contribution < 1.29 is 9.90 Å². The molecule has 0 spiro atoms. The second kappa shape index (κ2) is 5.51. The van der Waals surface area contributed by atoms with Gasteiger partial charge in [0.05, 0.1) is 16.9 Å². The number of rotatable bonds is 4. The van der Waals surface area contributed by atoms with Gasteiger partial charge in [0.25, 0.3) is 5.91 Å². The van der Waals surface area contributed by atoms with Crippen LogP contribution >= 0.6 is 11.6 Å². The van der Waals surface area contributed by atoms with Gasteiger partial charge in [-0.15, -0.1) is 0 Å². The number of nitrogens with zero attached hydrogens (tertiary/aromatic N) is 3. The molecule has 0 atom stereocenters. The summed E-state index contributed by atoms with van der Waals surface area (Å²) in [6.07, 6.45) is 0. The molecule has 0 unspecified atom stereocenters. The van der Waals surface area contributed by atoms with Crippen LogP contribution < -0.4 is 0 Å². The Morgan fingerprint density at radius 1 is 1.53 bits per heavy atom. The van der Waals surface area contributed by atoms with Crippen molar-refractivity contribution in [2.75, 3.05) is 13.6 Å². The average molecular weight is 288 g/mol. The van der Waals surface area contributed by atoms with E-state index in [0.717, 1.165) is 0 Å². The van der Waals surface area contributed by atoms with Crippen LogP contribution in [-0.4, -0.2) is 44.9 Å². The molecular formula is C13H22ClN3O2. The fraction of sp³-hybridized carbons (Fsp3) is 0.692. The lowest BCUT2D eigenvalue weighted by Crippen LogP contribution is -2.40. The first-order valence-electron chi connectivity index (χ1n) is 6.25. The first kappa shape index (κ1) is 16.0. The van der Waals surface area contributed by atoms with Crippen molar-refractivity contribution in [3.63, 3.8) is 0 Å². The van der Waals surface area contributed by atoms with Gasteiger partial charge in [0.2, 0.25) is 0 Å². The number of amides is 1. The number of aliphatic hydroxyl groups is 1. The summed E-state index contributed by atoms with van der Waals surface area (Å²) >= 11 is 6.16. The molecule has 1 N–H and O–H groups in total. The van der Waals surface area contributed by atoms with E-state index in [2.05, 4.69) is 5.10 Å². The molecule has 0 aliphatic carbocycles. The van der Waals surface area contributed by atoms with E-state index >= 15 is 0 Å². The number of carbonyl (C=O) groups excluding carboxylic acids is 1. The van der Waals surface area contributed by atoms with E-state index in [1.54, 1.807) is 27.9 Å². The molecule has 0 aromatic carbocycles. The van der Waals surface area contributed by atoms with E-state index in [0.29, 0.717) is 16.4 Å². The van der Waals surface area contributed by atoms with Gasteiger partial charge in [-0.3, -0.25) is 9.48 Å². The molecule has 0 bridgehead atoms. The Morgan fingerprint density at radius 3 is 2.47 bits per heavy atom. The van der Waals surface area contributed by atoms with Crippen LogP contribution in [0.5, 0.6) is 0 Å². The Labute approximate surface area is 119 Å². The molecule has 1 amide bonds. The number of hydrogen-bond donors (Lipinski definition) is 1. The normalized spacial score (nSPS) is 12.1. The summed E-state index contributed by atoms with van der Waals surface area (Å²) in [6.45, 7) is 7.47. The molecule has 1 rings (SSSR count). The molecule has 1 aromatic heterocycles. The SMILES string of the molecule is CC(C)c1nn(C)c(Cl)c1C(=O)N(C)CC(C)(C)O. The van der Waals surface area contributed by atoms with Crippen LogP contribution in [-0.2, 0) is 7.05 Å². The van der Waals surface area contributed by atoms with Gasteiger partial charge in [0.1, 0.15) is 5.15 Å². The highest BCUT2D eigenvalue weighted by Gasteiger charge is 2.28. The third kappa shape index (κ3) is 3.70. The summed E-state index contributed by atoms with van der Waals surface area (Å²) in [5.41, 5.74) is 0.155. The minimum absolute atomic E-state index is 0.105. The zero-order valence-electron chi connectivity index (χ0n) is 12.4. The molecule has 1 aromatic rings. The van der Waals surface area contributed by atoms with Crippen molar-refractivity contribution >= 4 is 17.5 Å². The molecule has 19 heavy (non-hydrogen) atoms. The number of aromatic nitrogens is 2. The molecule has 1 heterocycles. The summed E-state index contributed by atoms with van der Waals surface area (Å²) in [5, 5.41) is 14.4. The first-order valence-corrected chi connectivity index (χ1v) is 6.62. The summed E-state index contributed by atoms with van der Waals surface area (Å²) in [5.74, 6) is -0.114. The minimum atomic E-state index is -0.947. The Kier molecular flexibility index (Phi) is 4.63. The lowest BCUT2D eigenvalue weighted by molar-refractivity contribution is 0.0367. The Bertz CT molecular complexity index is 475. The van der Waals surface area contributed by atoms with Crippen molar-refractivity contribution in [2.45, 2.75) is 39.2 Å². The predicted octanol–water partition coefficient (Wildman–Crippen LogP) is 2.04. The van der Waals surface area contributed by atoms with Gasteiger partial charge in [0.15, 0.2) is 0 Å². The highest BCUT2D eigenvalue weighted by Crippen LogP contribution is 2.26. The van der Waals surface area contributed by atoms with Gasteiger partial charge in [-0.1, -0.05) is 25.4 Å². The lowest BCUT2D eigenvalue weighted by atomic mass is 10.0. The fourth-order valence-corrected chi connectivity index (χ4v) is 2.18. The number of likely N-dealkylation sites (N-methyl/N-ethyl adjacent to an activating group) is 1. The molecule has 6 heteroatoms. The van der Waals surface area contributed by atoms with Crippen molar-refractivity contribution in [2.24, 2.45) is 7.05 Å². The maximum atomic E-state index is 12.5. The van der Waals surface area contributed by atoms with Crippen LogP contribution in [0.15, 0.2) is 0 Å². The Morgan fingerprint density at radius 2 is 2.05 bits per heavy atom. The Balaban J connectivity index is 3.12. The van der Waals surface area contributed by atoms with Crippen molar-refractivity contribution in [3.8, 4) is 0 Å². The highest BCUT2D eigenvalue weighted by molar-refractivity contribution is 6.33. The number of halogens is 1. The second-order valence-corrected chi connectivity index (χ2v) is 6.16. The monoisotopic (exact) mass is 287 g/mol. The predicted molar refractivity (Wildman–Crippen MR) is 75.6 cm³/mol. The Hall–Kier alpha value is -1.07. The molecule has 0 fully saturated rings. The standard InChI is InChI=1S/C13H22ClN3O2/c1-8(2)10-9(11(14)17(6)15-10)12(18)16(5)7-13(3,4)19/h8,19H,7H2,1-6H3. The van der Waals surface area contributed by atoms with Crippen molar-refractivity contribution in [1.82, 2.24) is 14.7 Å². The van der Waals surface area contributed by atoms with E-state index in [-0.39, 0.29) is 18.4 Å². The molecule has 0 radical (unpaired) electrons. The summed E-state index contributed by atoms with van der Waals surface area (Å²) in [6, 6.07) is 0. The molecule has 5 nitrogen and oxygen atoms in total. The third-order valence-electron chi connectivity index (χ3n) is 2.74. The quantitative estimate of drug-likeness (QED) is 0.922. The van der Waals surface area contributed by atoms with Crippen LogP contribution in [0.2, 0.25) is 5.15 Å². The van der Waals surface area contributed by atoms with Gasteiger partial charge in [-0.2, -0.15) is 5.10 Å². The van der Waals surface area contributed by atoms with Gasteiger partial charge < -0.3 is 10.0 Å². The van der Waals surface area contributed by atoms with E-state index in [1.807, 2.05) is 13.8 Å². The number of hydrogen-bond acceptors (Lipinski definition) is 3. The van der Waals surface area contributed by atoms with Gasteiger partial charge in [-0.05, 0) is 19.8 Å². The summed E-state index contributed by atoms with van der Waals surface area (Å²) in [7, 11) is 3.36. The summed E-state index contributed by atoms with van der Waals surface area (Å²) in [4.78, 5) is 13.9. The molecular weight excluding hydrogens is 266 g/mol. The number of aryl methyl sites for hydroxylation is 1. The largest absolute Gasteiger partial charge is 0.389 e. The average Bonchev–Trinajstić information content (AvgIpc) is 2.52. The maximum absolute atomic E-state index is 12.5. The molecule has 108 valence electrons. The molecule has 0 saturated carbocycles. The fourth-order valence-electron chi connectivity index (χ4n) is 1.97. The molecule has 0 aliphatic heterocycles. The van der Waals surface area contributed by atoms with Crippen LogP contribution in [0.3, 0.4) is 0 Å². The van der Waals surface area contributed by atoms with Gasteiger partial charge in [-0.25, -0.2) is 0 Å². The van der Waals surface area contributed by atoms with Gasteiger partial charge >= 0.3 is 0 Å². The second-order valence-electron chi connectivity index (χ2n) is 5.80. The van der Waals surface area contributed by atoms with Crippen molar-refractivity contribution in [3.05, 3.63) is 16.4 Å². The van der Waals surface area contributed by atoms with E-state index < -0.39 is 5.60 Å². The van der Waals surface area contributed by atoms with Crippen LogP contribution in [0.4, 0.5) is 0 Å². The van der Waals surface area contributed by atoms with Crippen molar-refractivity contribution in [1.29, 1.82) is 0 Å². The van der Waals surface area contributed by atoms with Crippen LogP contribution in [0.25, 0.3) is 0 Å². The highest BCUT2D eigenvalue weighted by atomic mass is 35.5.